The smallest absolute Gasteiger partial charge is 0.163 e. The molecule has 2 aromatic rings. The number of carbonyl (C=O) groups excluding carboxylic acids is 2. The molecule has 150 valence electrons. The maximum atomic E-state index is 12.9. The van der Waals surface area contributed by atoms with Crippen LogP contribution in [-0.4, -0.2) is 11.6 Å². The maximum absolute atomic E-state index is 12.9. The average molecular weight is 379 g/mol. The molecule has 28 heavy (non-hydrogen) atoms. The first kappa shape index (κ1) is 22.1. The van der Waals surface area contributed by atoms with Gasteiger partial charge in [-0.2, -0.15) is 0 Å². The first-order chi connectivity index (χ1) is 13.0. The Labute approximate surface area is 170 Å². The Hall–Kier alpha value is -2.22. The molecule has 0 heterocycles. The van der Waals surface area contributed by atoms with Crippen molar-refractivity contribution in [2.75, 3.05) is 0 Å². The number of Topliss-reactive ketones (excluding diaryl/α,β-unsaturated/α-hetero) is 2. The van der Waals surface area contributed by atoms with Crippen molar-refractivity contribution < 1.29 is 9.59 Å². The number of rotatable bonds is 8. The number of ketones is 2. The summed E-state index contributed by atoms with van der Waals surface area (Å²) in [6.07, 6.45) is 1.87. The lowest BCUT2D eigenvalue weighted by Crippen LogP contribution is -2.22. The summed E-state index contributed by atoms with van der Waals surface area (Å²) in [4.78, 5) is 25.8. The van der Waals surface area contributed by atoms with E-state index in [0.717, 1.165) is 39.8 Å². The van der Waals surface area contributed by atoms with Crippen LogP contribution in [-0.2, 0) is 0 Å². The molecule has 0 spiro atoms. The minimum Gasteiger partial charge on any atom is -0.294 e. The molecule has 2 nitrogen and oxygen atoms in total. The Balaban J connectivity index is 2.05. The van der Waals surface area contributed by atoms with Crippen LogP contribution in [0.3, 0.4) is 0 Å². The fourth-order valence-electron chi connectivity index (χ4n) is 4.54. The van der Waals surface area contributed by atoms with Crippen LogP contribution in [0, 0.1) is 39.0 Å². The van der Waals surface area contributed by atoms with Crippen LogP contribution in [0.4, 0.5) is 0 Å². The van der Waals surface area contributed by atoms with Gasteiger partial charge in [0.2, 0.25) is 0 Å². The maximum Gasteiger partial charge on any atom is 0.163 e. The van der Waals surface area contributed by atoms with E-state index in [1.165, 1.54) is 0 Å². The molecule has 0 aliphatic rings. The van der Waals surface area contributed by atoms with Gasteiger partial charge in [0.05, 0.1) is 0 Å². The van der Waals surface area contributed by atoms with Crippen molar-refractivity contribution >= 4 is 11.6 Å². The molecular formula is C26H34O2. The monoisotopic (exact) mass is 378 g/mol. The lowest BCUT2D eigenvalue weighted by atomic mass is 9.76. The highest BCUT2D eigenvalue weighted by Crippen LogP contribution is 2.33. The van der Waals surface area contributed by atoms with Crippen LogP contribution in [0.1, 0.15) is 83.0 Å². The zero-order valence-electron chi connectivity index (χ0n) is 18.5. The molecule has 1 atom stereocenters. The van der Waals surface area contributed by atoms with Crippen molar-refractivity contribution in [3.05, 3.63) is 69.8 Å². The van der Waals surface area contributed by atoms with Crippen LogP contribution in [0.15, 0.2) is 36.4 Å². The van der Waals surface area contributed by atoms with E-state index in [2.05, 4.69) is 20.8 Å². The number of aryl methyl sites for hydroxylation is 4. The standard InChI is InChI=1S/C26H34O2/c1-17(14-22(27)24-18(2)10-8-11-19(24)3)15-26(6,7)16-23(28)25-20(4)12-9-13-21(25)5/h8-13,17H,14-16H2,1-7H3. The van der Waals surface area contributed by atoms with Gasteiger partial charge in [0.1, 0.15) is 0 Å². The molecule has 0 N–H and O–H groups in total. The van der Waals surface area contributed by atoms with E-state index in [0.29, 0.717) is 12.8 Å². The quantitative estimate of drug-likeness (QED) is 0.472. The molecule has 2 rings (SSSR count). The molecule has 0 amide bonds. The van der Waals surface area contributed by atoms with Gasteiger partial charge >= 0.3 is 0 Å². The largest absolute Gasteiger partial charge is 0.294 e. The van der Waals surface area contributed by atoms with Gasteiger partial charge in [-0.3, -0.25) is 9.59 Å². The van der Waals surface area contributed by atoms with Crippen molar-refractivity contribution in [1.82, 2.24) is 0 Å². The van der Waals surface area contributed by atoms with E-state index in [-0.39, 0.29) is 22.9 Å². The van der Waals surface area contributed by atoms with Crippen molar-refractivity contribution in [3.63, 3.8) is 0 Å². The second-order valence-corrected chi connectivity index (χ2v) is 9.23. The normalized spacial score (nSPS) is 12.7. The highest BCUT2D eigenvalue weighted by Gasteiger charge is 2.27. The molecule has 0 saturated heterocycles. The second kappa shape index (κ2) is 8.86. The Bertz CT molecular complexity index is 833. The van der Waals surface area contributed by atoms with Crippen molar-refractivity contribution in [2.24, 2.45) is 11.3 Å². The topological polar surface area (TPSA) is 34.1 Å². The summed E-state index contributed by atoms with van der Waals surface area (Å²) in [6.45, 7) is 14.4. The third-order valence-corrected chi connectivity index (χ3v) is 5.59. The van der Waals surface area contributed by atoms with E-state index < -0.39 is 0 Å². The molecular weight excluding hydrogens is 344 g/mol. The fourth-order valence-corrected chi connectivity index (χ4v) is 4.54. The van der Waals surface area contributed by atoms with Crippen molar-refractivity contribution in [3.8, 4) is 0 Å². The Morgan fingerprint density at radius 3 is 1.61 bits per heavy atom. The molecule has 0 bridgehead atoms. The molecule has 0 radical (unpaired) electrons. The van der Waals surface area contributed by atoms with Gasteiger partial charge in [0.25, 0.3) is 0 Å². The summed E-state index contributed by atoms with van der Waals surface area (Å²) in [5, 5.41) is 0. The van der Waals surface area contributed by atoms with Crippen LogP contribution in [0.5, 0.6) is 0 Å². The zero-order chi connectivity index (χ0) is 21.1. The van der Waals surface area contributed by atoms with Gasteiger partial charge in [-0.15, -0.1) is 0 Å². The predicted molar refractivity (Wildman–Crippen MR) is 117 cm³/mol. The number of hydrogen-bond donors (Lipinski definition) is 0. The van der Waals surface area contributed by atoms with Crippen LogP contribution in [0.25, 0.3) is 0 Å². The van der Waals surface area contributed by atoms with Crippen LogP contribution >= 0.6 is 0 Å². The van der Waals surface area contributed by atoms with E-state index in [4.69, 9.17) is 0 Å². The summed E-state index contributed by atoms with van der Waals surface area (Å²) in [6, 6.07) is 12.0. The molecule has 0 aliphatic carbocycles. The fraction of sp³-hybridized carbons (Fsp3) is 0.462. The predicted octanol–water partition coefficient (Wildman–Crippen LogP) is 6.82. The molecule has 0 aliphatic heterocycles. The zero-order valence-corrected chi connectivity index (χ0v) is 18.5. The third kappa shape index (κ3) is 5.41. The minimum atomic E-state index is -0.147. The molecule has 1 unspecified atom stereocenters. The number of hydrogen-bond acceptors (Lipinski definition) is 2. The van der Waals surface area contributed by atoms with E-state index >= 15 is 0 Å². The van der Waals surface area contributed by atoms with Gasteiger partial charge in [-0.1, -0.05) is 57.2 Å². The van der Waals surface area contributed by atoms with Gasteiger partial charge in [0, 0.05) is 24.0 Å². The van der Waals surface area contributed by atoms with Crippen LogP contribution < -0.4 is 0 Å². The van der Waals surface area contributed by atoms with E-state index in [9.17, 15) is 9.59 Å². The van der Waals surface area contributed by atoms with Crippen LogP contribution in [0.2, 0.25) is 0 Å². The highest BCUT2D eigenvalue weighted by atomic mass is 16.1. The lowest BCUT2D eigenvalue weighted by molar-refractivity contribution is 0.0901. The summed E-state index contributed by atoms with van der Waals surface area (Å²) >= 11 is 0. The van der Waals surface area contributed by atoms with E-state index in [1.807, 2.05) is 64.1 Å². The SMILES string of the molecule is Cc1cccc(C)c1C(=O)CC(C)CC(C)(C)CC(=O)c1c(C)cccc1C. The van der Waals surface area contributed by atoms with Crippen molar-refractivity contribution in [2.45, 2.75) is 67.7 Å². The summed E-state index contributed by atoms with van der Waals surface area (Å²) in [7, 11) is 0. The van der Waals surface area contributed by atoms with E-state index in [1.54, 1.807) is 0 Å². The number of carbonyl (C=O) groups is 2. The lowest BCUT2D eigenvalue weighted by Gasteiger charge is -2.28. The van der Waals surface area contributed by atoms with Gasteiger partial charge < -0.3 is 0 Å². The Morgan fingerprint density at radius 2 is 1.18 bits per heavy atom. The third-order valence-electron chi connectivity index (χ3n) is 5.59. The molecule has 0 aromatic heterocycles. The summed E-state index contributed by atoms with van der Waals surface area (Å²) in [5.41, 5.74) is 5.74. The summed E-state index contributed by atoms with van der Waals surface area (Å²) < 4.78 is 0. The minimum absolute atomic E-state index is 0.147. The van der Waals surface area contributed by atoms with Gasteiger partial charge in [0.15, 0.2) is 11.6 Å². The summed E-state index contributed by atoms with van der Waals surface area (Å²) in [5.74, 6) is 0.640. The molecule has 2 aromatic carbocycles. The van der Waals surface area contributed by atoms with Gasteiger partial charge in [-0.25, -0.2) is 0 Å². The molecule has 0 saturated carbocycles. The Morgan fingerprint density at radius 1 is 0.786 bits per heavy atom. The first-order valence-electron chi connectivity index (χ1n) is 10.2. The second-order valence-electron chi connectivity index (χ2n) is 9.23. The number of benzene rings is 2. The highest BCUT2D eigenvalue weighted by molar-refractivity contribution is 5.99. The molecule has 0 fully saturated rings. The van der Waals surface area contributed by atoms with Gasteiger partial charge in [-0.05, 0) is 67.7 Å². The first-order valence-corrected chi connectivity index (χ1v) is 10.2. The van der Waals surface area contributed by atoms with Crippen molar-refractivity contribution in [1.29, 1.82) is 0 Å². The average Bonchev–Trinajstić information content (AvgIpc) is 2.52. The molecule has 2 heteroatoms. The Kier molecular flexibility index (Phi) is 6.98.